The largest absolute Gasteiger partial charge is 0.496 e. The molecule has 0 spiro atoms. The molecule has 1 aliphatic rings. The van der Waals surface area contributed by atoms with Crippen molar-refractivity contribution < 1.29 is 33.3 Å². The first kappa shape index (κ1) is 25.1. The van der Waals surface area contributed by atoms with Gasteiger partial charge in [0, 0.05) is 31.1 Å². The van der Waals surface area contributed by atoms with Crippen LogP contribution in [0.15, 0.2) is 30.5 Å². The summed E-state index contributed by atoms with van der Waals surface area (Å²) in [6, 6.07) is 7.11. The number of aromatic nitrogens is 1. The summed E-state index contributed by atoms with van der Waals surface area (Å²) in [5, 5.41) is 3.14. The second-order valence-corrected chi connectivity index (χ2v) is 8.00. The molecular formula is C25H32N2O7. The monoisotopic (exact) mass is 472 g/mol. The van der Waals surface area contributed by atoms with Crippen molar-refractivity contribution in [2.45, 2.75) is 51.2 Å². The van der Waals surface area contributed by atoms with Crippen LogP contribution in [0.2, 0.25) is 0 Å². The Morgan fingerprint density at radius 3 is 2.44 bits per heavy atom. The van der Waals surface area contributed by atoms with E-state index < -0.39 is 0 Å². The summed E-state index contributed by atoms with van der Waals surface area (Å²) in [5.74, 6) is 1.27. The van der Waals surface area contributed by atoms with Crippen molar-refractivity contribution in [1.82, 2.24) is 10.3 Å². The summed E-state index contributed by atoms with van der Waals surface area (Å²) in [5.41, 5.74) is 1.28. The van der Waals surface area contributed by atoms with Gasteiger partial charge in [0.15, 0.2) is 11.5 Å². The highest BCUT2D eigenvalue weighted by Gasteiger charge is 2.35. The van der Waals surface area contributed by atoms with Gasteiger partial charge in [-0.05, 0) is 43.9 Å². The van der Waals surface area contributed by atoms with Gasteiger partial charge in [0.25, 0.3) is 5.91 Å². The summed E-state index contributed by atoms with van der Waals surface area (Å²) < 4.78 is 27.2. The van der Waals surface area contributed by atoms with Gasteiger partial charge >= 0.3 is 5.97 Å². The fourth-order valence-corrected chi connectivity index (χ4v) is 4.32. The Bertz CT molecular complexity index is 1010. The van der Waals surface area contributed by atoms with Crippen LogP contribution in [-0.2, 0) is 9.53 Å². The van der Waals surface area contributed by atoms with Gasteiger partial charge in [-0.2, -0.15) is 0 Å². The van der Waals surface area contributed by atoms with Gasteiger partial charge in [0.1, 0.15) is 11.9 Å². The first-order chi connectivity index (χ1) is 16.4. The summed E-state index contributed by atoms with van der Waals surface area (Å²) in [4.78, 5) is 28.9. The fraction of sp³-hybridized carbons (Fsp3) is 0.480. The number of rotatable bonds is 9. The van der Waals surface area contributed by atoms with Gasteiger partial charge in [0.2, 0.25) is 5.88 Å². The number of carbonyl (C=O) groups excluding carboxylic acids is 2. The molecule has 1 saturated carbocycles. The quantitative estimate of drug-likeness (QED) is 0.553. The van der Waals surface area contributed by atoms with E-state index in [0.717, 1.165) is 5.56 Å². The molecule has 3 atom stereocenters. The Hall–Kier alpha value is -3.49. The molecule has 1 fully saturated rings. The number of hydrogen-bond donors (Lipinski definition) is 1. The molecule has 1 aliphatic carbocycles. The molecule has 3 rings (SSSR count). The number of amides is 1. The number of methoxy groups -OCH3 is 3. The predicted molar refractivity (Wildman–Crippen MR) is 125 cm³/mol. The standard InChI is InChI=1S/C25H32N2O7/c1-6-33-23-11-16(7-10-21(23)30-3)18-12-17(34-15(2)28)8-9-20(18)27-25(29)19-14-26-24(32-5)13-22(19)31-4/h7,10-11,13-14,17-18,20H,6,8-9,12H2,1-5H3,(H,27,29)/t17-,18-,20-/m1/s1. The van der Waals surface area contributed by atoms with Gasteiger partial charge in [-0.3, -0.25) is 9.59 Å². The van der Waals surface area contributed by atoms with Crippen molar-refractivity contribution in [3.8, 4) is 23.1 Å². The minimum atomic E-state index is -0.315. The summed E-state index contributed by atoms with van der Waals surface area (Å²) in [6.45, 7) is 3.81. The van der Waals surface area contributed by atoms with E-state index in [-0.39, 0.29) is 29.9 Å². The van der Waals surface area contributed by atoms with Crippen molar-refractivity contribution in [2.75, 3.05) is 27.9 Å². The van der Waals surface area contributed by atoms with E-state index in [2.05, 4.69) is 10.3 Å². The molecule has 0 radical (unpaired) electrons. The highest BCUT2D eigenvalue weighted by molar-refractivity contribution is 5.97. The lowest BCUT2D eigenvalue weighted by Gasteiger charge is -2.36. The number of hydrogen-bond acceptors (Lipinski definition) is 8. The number of carbonyl (C=O) groups is 2. The van der Waals surface area contributed by atoms with E-state index in [1.54, 1.807) is 13.2 Å². The maximum Gasteiger partial charge on any atom is 0.302 e. The first-order valence-electron chi connectivity index (χ1n) is 11.3. The second kappa shape index (κ2) is 11.6. The first-order valence-corrected chi connectivity index (χ1v) is 11.3. The Morgan fingerprint density at radius 2 is 1.79 bits per heavy atom. The molecule has 184 valence electrons. The van der Waals surface area contributed by atoms with Crippen LogP contribution in [0.4, 0.5) is 0 Å². The van der Waals surface area contributed by atoms with Crippen LogP contribution >= 0.6 is 0 Å². The normalized spacial score (nSPS) is 19.6. The number of benzene rings is 1. The van der Waals surface area contributed by atoms with Crippen molar-refractivity contribution >= 4 is 11.9 Å². The maximum absolute atomic E-state index is 13.2. The van der Waals surface area contributed by atoms with Crippen LogP contribution in [0.5, 0.6) is 23.1 Å². The molecule has 0 aliphatic heterocycles. The topological polar surface area (TPSA) is 105 Å². The average Bonchev–Trinajstić information content (AvgIpc) is 2.84. The lowest BCUT2D eigenvalue weighted by Crippen LogP contribution is -2.44. The van der Waals surface area contributed by atoms with Crippen LogP contribution in [0.25, 0.3) is 0 Å². The fourth-order valence-electron chi connectivity index (χ4n) is 4.32. The van der Waals surface area contributed by atoms with Crippen LogP contribution in [0.1, 0.15) is 54.9 Å². The minimum Gasteiger partial charge on any atom is -0.496 e. The molecule has 9 nitrogen and oxygen atoms in total. The molecule has 1 aromatic carbocycles. The highest BCUT2D eigenvalue weighted by atomic mass is 16.5. The van der Waals surface area contributed by atoms with E-state index in [9.17, 15) is 9.59 Å². The zero-order valence-electron chi connectivity index (χ0n) is 20.3. The molecule has 34 heavy (non-hydrogen) atoms. The zero-order chi connectivity index (χ0) is 24.7. The smallest absolute Gasteiger partial charge is 0.302 e. The summed E-state index contributed by atoms with van der Waals surface area (Å²) >= 11 is 0. The van der Waals surface area contributed by atoms with Crippen molar-refractivity contribution in [3.63, 3.8) is 0 Å². The molecule has 1 N–H and O–H groups in total. The molecule has 0 bridgehead atoms. The summed E-state index contributed by atoms with van der Waals surface area (Å²) in [7, 11) is 4.58. The second-order valence-electron chi connectivity index (χ2n) is 8.00. The highest BCUT2D eigenvalue weighted by Crippen LogP contribution is 2.39. The van der Waals surface area contributed by atoms with Gasteiger partial charge < -0.3 is 29.0 Å². The van der Waals surface area contributed by atoms with Gasteiger partial charge in [0.05, 0.1) is 33.5 Å². The third-order valence-electron chi connectivity index (χ3n) is 5.88. The minimum absolute atomic E-state index is 0.107. The molecule has 0 unspecified atom stereocenters. The van der Waals surface area contributed by atoms with Crippen LogP contribution in [0.3, 0.4) is 0 Å². The van der Waals surface area contributed by atoms with Gasteiger partial charge in [-0.1, -0.05) is 6.07 Å². The lowest BCUT2D eigenvalue weighted by molar-refractivity contribution is -0.148. The summed E-state index contributed by atoms with van der Waals surface area (Å²) in [6.07, 6.45) is 3.06. The van der Waals surface area contributed by atoms with E-state index >= 15 is 0 Å². The van der Waals surface area contributed by atoms with Crippen molar-refractivity contribution in [2.24, 2.45) is 0 Å². The van der Waals surface area contributed by atoms with E-state index in [0.29, 0.717) is 54.6 Å². The molecule has 0 saturated heterocycles. The number of nitrogens with one attached hydrogen (secondary N) is 1. The van der Waals surface area contributed by atoms with Crippen molar-refractivity contribution in [3.05, 3.63) is 41.6 Å². The number of esters is 1. The predicted octanol–water partition coefficient (Wildman–Crippen LogP) is 3.50. The third kappa shape index (κ3) is 5.89. The number of ether oxygens (including phenoxy) is 5. The molecule has 1 amide bonds. The van der Waals surface area contributed by atoms with Crippen LogP contribution in [-0.4, -0.2) is 56.9 Å². The maximum atomic E-state index is 13.2. The Kier molecular flexibility index (Phi) is 8.56. The number of nitrogens with zero attached hydrogens (tertiary/aromatic N) is 1. The molecule has 1 heterocycles. The molecular weight excluding hydrogens is 440 g/mol. The molecule has 9 heteroatoms. The molecule has 1 aromatic heterocycles. The van der Waals surface area contributed by atoms with E-state index in [1.165, 1.54) is 27.3 Å². The van der Waals surface area contributed by atoms with Gasteiger partial charge in [-0.15, -0.1) is 0 Å². The van der Waals surface area contributed by atoms with E-state index in [1.807, 2.05) is 25.1 Å². The Morgan fingerprint density at radius 1 is 1.03 bits per heavy atom. The zero-order valence-corrected chi connectivity index (χ0v) is 20.3. The molecule has 2 aromatic rings. The van der Waals surface area contributed by atoms with E-state index in [4.69, 9.17) is 23.7 Å². The SMILES string of the molecule is CCOc1cc([C@H]2C[C@H](OC(C)=O)CC[C@H]2NC(=O)c2cnc(OC)cc2OC)ccc1OC. The van der Waals surface area contributed by atoms with Gasteiger partial charge in [-0.25, -0.2) is 4.98 Å². The van der Waals surface area contributed by atoms with Crippen LogP contribution < -0.4 is 24.3 Å². The Balaban J connectivity index is 1.90. The number of pyridine rings is 1. The third-order valence-corrected chi connectivity index (χ3v) is 5.88. The Labute approximate surface area is 199 Å². The average molecular weight is 473 g/mol. The van der Waals surface area contributed by atoms with Crippen molar-refractivity contribution in [1.29, 1.82) is 0 Å². The van der Waals surface area contributed by atoms with Crippen LogP contribution in [0, 0.1) is 0 Å². The lowest BCUT2D eigenvalue weighted by atomic mass is 9.78.